The van der Waals surface area contributed by atoms with Crippen molar-refractivity contribution in [2.75, 3.05) is 0 Å². The number of pyridine rings is 2. The molecule has 0 spiro atoms. The van der Waals surface area contributed by atoms with Crippen molar-refractivity contribution in [2.24, 2.45) is 0 Å². The number of benzene rings is 4. The van der Waals surface area contributed by atoms with Crippen LogP contribution in [0.25, 0.3) is 70.5 Å². The van der Waals surface area contributed by atoms with Gasteiger partial charge < -0.3 is 4.57 Å². The van der Waals surface area contributed by atoms with E-state index in [0.29, 0.717) is 0 Å². The topological polar surface area (TPSA) is 30.7 Å². The van der Waals surface area contributed by atoms with Crippen LogP contribution in [0.15, 0.2) is 140 Å². The van der Waals surface area contributed by atoms with Crippen LogP contribution in [-0.4, -0.2) is 14.5 Å². The molecule has 3 nitrogen and oxygen atoms in total. The molecular formula is C36H23N3S. The third-order valence-electron chi connectivity index (χ3n) is 7.48. The molecule has 40 heavy (non-hydrogen) atoms. The second-order valence-electron chi connectivity index (χ2n) is 9.91. The van der Waals surface area contributed by atoms with E-state index in [1.165, 1.54) is 42.3 Å². The van der Waals surface area contributed by atoms with Gasteiger partial charge in [0.1, 0.15) is 0 Å². The lowest BCUT2D eigenvalue weighted by atomic mass is 10.0. The van der Waals surface area contributed by atoms with Crippen molar-refractivity contribution in [3.8, 4) is 38.6 Å². The molecule has 4 heteroatoms. The van der Waals surface area contributed by atoms with Gasteiger partial charge in [0, 0.05) is 49.6 Å². The molecule has 8 rings (SSSR count). The molecule has 0 bridgehead atoms. The average Bonchev–Trinajstić information content (AvgIpc) is 3.62. The Balaban J connectivity index is 1.43. The molecule has 0 aliphatic rings. The molecule has 0 aliphatic carbocycles. The van der Waals surface area contributed by atoms with Gasteiger partial charge in [-0.3, -0.25) is 9.97 Å². The molecule has 0 N–H and O–H groups in total. The summed E-state index contributed by atoms with van der Waals surface area (Å²) >= 11 is 1.87. The summed E-state index contributed by atoms with van der Waals surface area (Å²) in [7, 11) is 0. The number of fused-ring (bicyclic) bond motifs is 5. The maximum Gasteiger partial charge on any atom is 0.0702 e. The van der Waals surface area contributed by atoms with Gasteiger partial charge in [-0.15, -0.1) is 11.3 Å². The molecule has 0 atom stereocenters. The van der Waals surface area contributed by atoms with E-state index in [-0.39, 0.29) is 0 Å². The molecular weight excluding hydrogens is 506 g/mol. The molecule has 0 unspecified atom stereocenters. The third kappa shape index (κ3) is 3.73. The van der Waals surface area contributed by atoms with E-state index in [2.05, 4.69) is 118 Å². The van der Waals surface area contributed by atoms with E-state index < -0.39 is 0 Å². The third-order valence-corrected chi connectivity index (χ3v) is 8.69. The van der Waals surface area contributed by atoms with Crippen LogP contribution >= 0.6 is 11.3 Å². The van der Waals surface area contributed by atoms with E-state index >= 15 is 0 Å². The smallest absolute Gasteiger partial charge is 0.0702 e. The quantitative estimate of drug-likeness (QED) is 0.227. The Morgan fingerprint density at radius 3 is 1.90 bits per heavy atom. The molecule has 4 aromatic heterocycles. The van der Waals surface area contributed by atoms with Crippen LogP contribution in [0.1, 0.15) is 0 Å². The molecule has 0 aliphatic heterocycles. The highest BCUT2D eigenvalue weighted by Gasteiger charge is 2.18. The number of thiophene rings is 1. The van der Waals surface area contributed by atoms with Gasteiger partial charge in [0.05, 0.1) is 22.4 Å². The Labute approximate surface area is 235 Å². The number of hydrogen-bond donors (Lipinski definition) is 0. The molecule has 0 fully saturated rings. The van der Waals surface area contributed by atoms with Crippen molar-refractivity contribution in [1.29, 1.82) is 0 Å². The number of para-hydroxylation sites is 1. The van der Waals surface area contributed by atoms with Crippen LogP contribution < -0.4 is 0 Å². The zero-order valence-electron chi connectivity index (χ0n) is 21.5. The van der Waals surface area contributed by atoms with Crippen molar-refractivity contribution in [1.82, 2.24) is 14.5 Å². The zero-order valence-corrected chi connectivity index (χ0v) is 22.3. The summed E-state index contributed by atoms with van der Waals surface area (Å²) in [5.74, 6) is 0. The summed E-state index contributed by atoms with van der Waals surface area (Å²) in [6.07, 6.45) is 3.70. The summed E-state index contributed by atoms with van der Waals surface area (Å²) in [4.78, 5) is 10.6. The predicted molar refractivity (Wildman–Crippen MR) is 168 cm³/mol. The van der Waals surface area contributed by atoms with Crippen LogP contribution in [0.2, 0.25) is 0 Å². The monoisotopic (exact) mass is 529 g/mol. The summed E-state index contributed by atoms with van der Waals surface area (Å²) in [5, 5.41) is 3.82. The van der Waals surface area contributed by atoms with Gasteiger partial charge in [0.15, 0.2) is 0 Å². The molecule has 4 heterocycles. The summed E-state index contributed by atoms with van der Waals surface area (Å²) < 4.78 is 3.71. The van der Waals surface area contributed by atoms with Crippen molar-refractivity contribution >= 4 is 43.2 Å². The first-order valence-electron chi connectivity index (χ1n) is 13.3. The second-order valence-corrected chi connectivity index (χ2v) is 11.0. The average molecular weight is 530 g/mol. The minimum absolute atomic E-state index is 0.940. The van der Waals surface area contributed by atoms with Crippen LogP contribution in [-0.2, 0) is 0 Å². The Kier molecular flexibility index (Phi) is 5.32. The predicted octanol–water partition coefficient (Wildman–Crippen LogP) is 9.79. The number of rotatable bonds is 4. The Hall–Kier alpha value is -5.06. The van der Waals surface area contributed by atoms with Gasteiger partial charge in [0.25, 0.3) is 0 Å². The van der Waals surface area contributed by atoms with Gasteiger partial charge in [-0.1, -0.05) is 66.7 Å². The van der Waals surface area contributed by atoms with Gasteiger partial charge in [-0.25, -0.2) is 0 Å². The molecule has 0 amide bonds. The minimum Gasteiger partial charge on any atom is -0.309 e. The fraction of sp³-hybridized carbons (Fsp3) is 0. The lowest BCUT2D eigenvalue weighted by Crippen LogP contribution is -1.96. The SMILES string of the molecule is c1ccc(-c2cc3ccc4c(c5ccccc5n4-c4cc(-c5ccccn5)cc(-c5ccccn5)c4)c3s2)cc1. The fourth-order valence-corrected chi connectivity index (χ4v) is 6.90. The standard InChI is InChI=1S/C36H23N3S/c1-2-10-24(11-3-1)34-23-25-16-17-33-35(36(25)40-34)29-12-4-5-15-32(29)39(33)28-21-26(30-13-6-8-18-37-30)20-27(22-28)31-14-7-9-19-38-31/h1-23H. The lowest BCUT2D eigenvalue weighted by molar-refractivity contribution is 1.18. The van der Waals surface area contributed by atoms with Gasteiger partial charge >= 0.3 is 0 Å². The van der Waals surface area contributed by atoms with Crippen molar-refractivity contribution < 1.29 is 0 Å². The molecule has 0 saturated heterocycles. The van der Waals surface area contributed by atoms with E-state index in [9.17, 15) is 0 Å². The highest BCUT2D eigenvalue weighted by atomic mass is 32.1. The van der Waals surface area contributed by atoms with Crippen molar-refractivity contribution in [3.63, 3.8) is 0 Å². The largest absolute Gasteiger partial charge is 0.309 e. The van der Waals surface area contributed by atoms with Crippen molar-refractivity contribution in [2.45, 2.75) is 0 Å². The zero-order chi connectivity index (χ0) is 26.5. The van der Waals surface area contributed by atoms with E-state index in [1.54, 1.807) is 0 Å². The highest BCUT2D eigenvalue weighted by Crippen LogP contribution is 2.43. The van der Waals surface area contributed by atoms with Gasteiger partial charge in [-0.2, -0.15) is 0 Å². The van der Waals surface area contributed by atoms with Crippen LogP contribution in [0.5, 0.6) is 0 Å². The summed E-state index contributed by atoms with van der Waals surface area (Å²) in [6, 6.07) is 45.0. The van der Waals surface area contributed by atoms with Crippen molar-refractivity contribution in [3.05, 3.63) is 140 Å². The van der Waals surface area contributed by atoms with Gasteiger partial charge in [0.2, 0.25) is 0 Å². The van der Waals surface area contributed by atoms with E-state index in [1.807, 2.05) is 48.0 Å². The Morgan fingerprint density at radius 2 is 1.20 bits per heavy atom. The van der Waals surface area contributed by atoms with Crippen LogP contribution in [0, 0.1) is 0 Å². The maximum absolute atomic E-state index is 4.68. The normalized spacial score (nSPS) is 11.5. The first kappa shape index (κ1) is 22.9. The number of nitrogens with zero attached hydrogens (tertiary/aromatic N) is 3. The number of aromatic nitrogens is 3. The highest BCUT2D eigenvalue weighted by molar-refractivity contribution is 7.23. The Bertz CT molecular complexity index is 2090. The van der Waals surface area contributed by atoms with Crippen LogP contribution in [0.4, 0.5) is 0 Å². The van der Waals surface area contributed by atoms with E-state index in [4.69, 9.17) is 0 Å². The summed E-state index contributed by atoms with van der Waals surface area (Å²) in [6.45, 7) is 0. The van der Waals surface area contributed by atoms with Crippen LogP contribution in [0.3, 0.4) is 0 Å². The second kappa shape index (κ2) is 9.30. The molecule has 188 valence electrons. The fourth-order valence-electron chi connectivity index (χ4n) is 5.68. The Morgan fingerprint density at radius 1 is 0.525 bits per heavy atom. The molecule has 0 radical (unpaired) electrons. The lowest BCUT2D eigenvalue weighted by Gasteiger charge is -2.13. The number of hydrogen-bond acceptors (Lipinski definition) is 3. The molecule has 0 saturated carbocycles. The van der Waals surface area contributed by atoms with Gasteiger partial charge in [-0.05, 0) is 71.6 Å². The minimum atomic E-state index is 0.940. The van der Waals surface area contributed by atoms with E-state index in [0.717, 1.165) is 28.2 Å². The maximum atomic E-state index is 4.68. The molecule has 4 aromatic carbocycles. The summed E-state index contributed by atoms with van der Waals surface area (Å²) in [5.41, 5.74) is 8.73. The first-order chi connectivity index (χ1) is 19.8. The molecule has 8 aromatic rings. The first-order valence-corrected chi connectivity index (χ1v) is 14.1.